The summed E-state index contributed by atoms with van der Waals surface area (Å²) in [5, 5.41) is 11.8. The van der Waals surface area contributed by atoms with Crippen LogP contribution in [-0.4, -0.2) is 28.6 Å². The Labute approximate surface area is 203 Å². The van der Waals surface area contributed by atoms with Crippen molar-refractivity contribution in [1.29, 1.82) is 0 Å². The molecule has 3 N–H and O–H groups in total. The summed E-state index contributed by atoms with van der Waals surface area (Å²) in [6.07, 6.45) is 0.604. The van der Waals surface area contributed by atoms with Gasteiger partial charge in [0.15, 0.2) is 11.6 Å². The van der Waals surface area contributed by atoms with Crippen LogP contribution in [0.25, 0.3) is 21.9 Å². The van der Waals surface area contributed by atoms with Crippen molar-refractivity contribution in [2.45, 2.75) is 19.8 Å². The van der Waals surface area contributed by atoms with Gasteiger partial charge in [0, 0.05) is 30.3 Å². The zero-order valence-corrected chi connectivity index (χ0v) is 19.1. The van der Waals surface area contributed by atoms with Crippen molar-refractivity contribution < 1.29 is 18.0 Å². The highest BCUT2D eigenvalue weighted by Gasteiger charge is 2.19. The molecule has 182 valence electrons. The third-order valence-electron chi connectivity index (χ3n) is 5.92. The van der Waals surface area contributed by atoms with Gasteiger partial charge in [-0.3, -0.25) is 10.1 Å². The van der Waals surface area contributed by atoms with Gasteiger partial charge in [0.05, 0.1) is 16.8 Å². The van der Waals surface area contributed by atoms with Crippen molar-refractivity contribution >= 4 is 28.3 Å². The van der Waals surface area contributed by atoms with Gasteiger partial charge in [-0.1, -0.05) is 18.2 Å². The quantitative estimate of drug-likeness (QED) is 0.392. The fourth-order valence-electron chi connectivity index (χ4n) is 4.20. The second-order valence-electron chi connectivity index (χ2n) is 8.37. The van der Waals surface area contributed by atoms with Crippen LogP contribution in [0, 0.1) is 17.5 Å². The average molecular weight is 491 g/mol. The van der Waals surface area contributed by atoms with Crippen LogP contribution in [0.2, 0.25) is 0 Å². The zero-order chi connectivity index (χ0) is 25.4. The number of amidine groups is 1. The lowest BCUT2D eigenvalue weighted by Gasteiger charge is -2.10. The molecule has 0 radical (unpaired) electrons. The lowest BCUT2D eigenvalue weighted by molar-refractivity contribution is 0.245. The minimum atomic E-state index is -1.13. The molecule has 0 aliphatic carbocycles. The van der Waals surface area contributed by atoms with Gasteiger partial charge in [-0.2, -0.15) is 5.10 Å². The first-order valence-electron chi connectivity index (χ1n) is 11.2. The number of carbonyl (C=O) groups is 1. The number of carbonyl (C=O) groups excluding carboxylic acids is 1. The number of benzene rings is 3. The van der Waals surface area contributed by atoms with Gasteiger partial charge in [0.1, 0.15) is 11.7 Å². The number of aromatic nitrogens is 2. The Balaban J connectivity index is 1.47. The molecular weight excluding hydrogens is 471 g/mol. The molecule has 1 aliphatic rings. The normalized spacial score (nSPS) is 12.4. The average Bonchev–Trinajstić information content (AvgIpc) is 3.24. The van der Waals surface area contributed by atoms with Gasteiger partial charge < -0.3 is 5.32 Å². The molecule has 0 saturated carbocycles. The number of aliphatic imine (C=N–C) groups is 1. The SMILES string of the molecule is CCNC(=O)NC1=Nc2cc(-c3cc(Cc4n[nH]c(=O)c5cc(F)c(F)cc45)ccc3F)ccc2C1. The number of hydrogen-bond acceptors (Lipinski definition) is 4. The van der Waals surface area contributed by atoms with Gasteiger partial charge in [-0.05, 0) is 53.9 Å². The summed E-state index contributed by atoms with van der Waals surface area (Å²) in [5.74, 6) is -2.16. The second-order valence-corrected chi connectivity index (χ2v) is 8.37. The first kappa shape index (κ1) is 23.3. The second kappa shape index (κ2) is 9.29. The number of halogens is 3. The maximum absolute atomic E-state index is 14.8. The molecule has 0 spiro atoms. The minimum absolute atomic E-state index is 0.0187. The number of hydrogen-bond donors (Lipinski definition) is 3. The lowest BCUT2D eigenvalue weighted by atomic mass is 9.97. The molecule has 3 aromatic carbocycles. The lowest BCUT2D eigenvalue weighted by Crippen LogP contribution is -2.39. The summed E-state index contributed by atoms with van der Waals surface area (Å²) in [4.78, 5) is 28.3. The molecule has 4 aromatic rings. The molecule has 2 amide bonds. The van der Waals surface area contributed by atoms with E-state index in [4.69, 9.17) is 0 Å². The first-order valence-corrected chi connectivity index (χ1v) is 11.2. The van der Waals surface area contributed by atoms with Crippen LogP contribution in [0.1, 0.15) is 23.7 Å². The molecule has 0 bridgehead atoms. The van der Waals surface area contributed by atoms with Crippen molar-refractivity contribution in [3.8, 4) is 11.1 Å². The van der Waals surface area contributed by atoms with E-state index in [0.717, 1.165) is 17.7 Å². The van der Waals surface area contributed by atoms with Gasteiger partial charge in [-0.15, -0.1) is 0 Å². The van der Waals surface area contributed by atoms with Crippen LogP contribution < -0.4 is 16.2 Å². The van der Waals surface area contributed by atoms with E-state index in [0.29, 0.717) is 46.9 Å². The Bertz CT molecular complexity index is 1610. The number of nitrogens with one attached hydrogen (secondary N) is 3. The van der Waals surface area contributed by atoms with Crippen LogP contribution in [0.5, 0.6) is 0 Å². The fraction of sp³-hybridized carbons (Fsp3) is 0.154. The summed E-state index contributed by atoms with van der Waals surface area (Å²) in [6.45, 7) is 2.30. The van der Waals surface area contributed by atoms with E-state index in [1.54, 1.807) is 24.3 Å². The Morgan fingerprint density at radius 1 is 1.00 bits per heavy atom. The smallest absolute Gasteiger partial charge is 0.320 e. The molecule has 1 aromatic heterocycles. The highest BCUT2D eigenvalue weighted by atomic mass is 19.2. The molecular formula is C26H20F3N5O2. The van der Waals surface area contributed by atoms with E-state index in [2.05, 4.69) is 25.8 Å². The van der Waals surface area contributed by atoms with Gasteiger partial charge >= 0.3 is 6.03 Å². The van der Waals surface area contributed by atoms with E-state index < -0.39 is 23.0 Å². The predicted octanol–water partition coefficient (Wildman–Crippen LogP) is 4.50. The number of nitrogens with zero attached hydrogens (tertiary/aromatic N) is 2. The molecule has 0 saturated heterocycles. The molecule has 2 heterocycles. The van der Waals surface area contributed by atoms with E-state index >= 15 is 0 Å². The highest BCUT2D eigenvalue weighted by Crippen LogP contribution is 2.33. The molecule has 0 fully saturated rings. The maximum Gasteiger partial charge on any atom is 0.320 e. The van der Waals surface area contributed by atoms with Crippen molar-refractivity contribution in [3.05, 3.63) is 93.2 Å². The topological polar surface area (TPSA) is 99.2 Å². The van der Waals surface area contributed by atoms with Gasteiger partial charge in [0.25, 0.3) is 5.56 Å². The summed E-state index contributed by atoms with van der Waals surface area (Å²) in [6, 6.07) is 11.3. The van der Waals surface area contributed by atoms with Crippen molar-refractivity contribution in [1.82, 2.24) is 20.8 Å². The van der Waals surface area contributed by atoms with Gasteiger partial charge in [-0.25, -0.2) is 28.1 Å². The van der Waals surface area contributed by atoms with E-state index in [1.165, 1.54) is 6.07 Å². The summed E-state index contributed by atoms with van der Waals surface area (Å²) < 4.78 is 42.4. The van der Waals surface area contributed by atoms with Gasteiger partial charge in [0.2, 0.25) is 0 Å². The fourth-order valence-corrected chi connectivity index (χ4v) is 4.20. The Morgan fingerprint density at radius 2 is 1.78 bits per heavy atom. The zero-order valence-electron chi connectivity index (χ0n) is 19.1. The maximum atomic E-state index is 14.8. The molecule has 0 unspecified atom stereocenters. The highest BCUT2D eigenvalue weighted by molar-refractivity contribution is 6.02. The van der Waals surface area contributed by atoms with Crippen molar-refractivity contribution in [2.24, 2.45) is 4.99 Å². The predicted molar refractivity (Wildman–Crippen MR) is 130 cm³/mol. The van der Waals surface area contributed by atoms with E-state index in [-0.39, 0.29) is 23.2 Å². The third kappa shape index (κ3) is 4.45. The summed E-state index contributed by atoms with van der Waals surface area (Å²) >= 11 is 0. The number of H-pyrrole nitrogens is 1. The minimum Gasteiger partial charge on any atom is -0.338 e. The number of aromatic amines is 1. The van der Waals surface area contributed by atoms with Crippen LogP contribution in [0.4, 0.5) is 23.7 Å². The molecule has 5 rings (SSSR count). The van der Waals surface area contributed by atoms with Crippen LogP contribution in [0.15, 0.2) is 58.3 Å². The van der Waals surface area contributed by atoms with Crippen LogP contribution >= 0.6 is 0 Å². The molecule has 36 heavy (non-hydrogen) atoms. The molecule has 10 heteroatoms. The number of fused-ring (bicyclic) bond motifs is 2. The van der Waals surface area contributed by atoms with E-state index in [9.17, 15) is 22.8 Å². The monoisotopic (exact) mass is 491 g/mol. The van der Waals surface area contributed by atoms with Crippen molar-refractivity contribution in [2.75, 3.05) is 6.54 Å². The summed E-state index contributed by atoms with van der Waals surface area (Å²) in [7, 11) is 0. The number of rotatable bonds is 4. The van der Waals surface area contributed by atoms with Crippen LogP contribution in [0.3, 0.4) is 0 Å². The molecule has 1 aliphatic heterocycles. The first-order chi connectivity index (χ1) is 17.3. The number of amides is 2. The largest absolute Gasteiger partial charge is 0.338 e. The third-order valence-corrected chi connectivity index (χ3v) is 5.92. The standard InChI is InChI=1S/C26H20F3N5O2/c1-2-30-26(36)32-24-10-15-5-4-14(9-22(15)31-24)16-7-13(3-6-19(16)27)8-23-17-11-20(28)21(29)12-18(17)25(35)34-33-23/h3-7,9,11-12H,2,8,10H2,1H3,(H,34,35)(H2,30,31,32,36). The summed E-state index contributed by atoms with van der Waals surface area (Å²) in [5.41, 5.74) is 2.78. The van der Waals surface area contributed by atoms with Crippen LogP contribution in [-0.2, 0) is 12.8 Å². The number of urea groups is 1. The van der Waals surface area contributed by atoms with Crippen molar-refractivity contribution in [3.63, 3.8) is 0 Å². The Morgan fingerprint density at radius 3 is 2.56 bits per heavy atom. The Hall–Kier alpha value is -4.47. The molecule has 7 nitrogen and oxygen atoms in total. The molecule has 0 atom stereocenters. The van der Waals surface area contributed by atoms with E-state index in [1.807, 2.05) is 13.0 Å². The Kier molecular flexibility index (Phi) is 6.01.